The smallest absolute Gasteiger partial charge is 0.295 e. The predicted octanol–water partition coefficient (Wildman–Crippen LogP) is 4.77. The molecule has 1 fully saturated rings. The van der Waals surface area contributed by atoms with Gasteiger partial charge in [0, 0.05) is 25.8 Å². The third-order valence-electron chi connectivity index (χ3n) is 5.22. The number of ketones is 1. The zero-order valence-electron chi connectivity index (χ0n) is 17.4. The number of ether oxygens (including phenoxy) is 2. The zero-order chi connectivity index (χ0) is 22.7. The van der Waals surface area contributed by atoms with Crippen molar-refractivity contribution in [1.82, 2.24) is 4.90 Å². The molecule has 2 aromatic carbocycles. The number of amides is 1. The molecule has 0 aliphatic carbocycles. The molecule has 1 aliphatic rings. The number of halogens is 2. The molecule has 0 saturated carbocycles. The van der Waals surface area contributed by atoms with Crippen molar-refractivity contribution in [2.75, 3.05) is 27.4 Å². The minimum Gasteiger partial charge on any atom is -0.507 e. The summed E-state index contributed by atoms with van der Waals surface area (Å²) >= 11 is 12.3. The number of aryl methyl sites for hydroxylation is 1. The van der Waals surface area contributed by atoms with E-state index in [0.29, 0.717) is 39.9 Å². The van der Waals surface area contributed by atoms with Crippen LogP contribution in [0.5, 0.6) is 5.75 Å². The molecule has 1 atom stereocenters. The predicted molar refractivity (Wildman–Crippen MR) is 120 cm³/mol. The molecule has 8 heteroatoms. The fourth-order valence-corrected chi connectivity index (χ4v) is 4.01. The van der Waals surface area contributed by atoms with E-state index >= 15 is 0 Å². The Morgan fingerprint density at radius 2 is 1.84 bits per heavy atom. The van der Waals surface area contributed by atoms with Gasteiger partial charge in [-0.25, -0.2) is 0 Å². The SMILES string of the molecule is COCCCN1C(=O)C(=O)C(=C(O)c2ccc(OC)c(C)c2)C1c1ccc(Cl)c(Cl)c1. The highest BCUT2D eigenvalue weighted by Gasteiger charge is 2.45. The Hall–Kier alpha value is -2.54. The van der Waals surface area contributed by atoms with Crippen molar-refractivity contribution in [3.05, 3.63) is 68.7 Å². The largest absolute Gasteiger partial charge is 0.507 e. The number of benzene rings is 2. The first-order chi connectivity index (χ1) is 14.8. The maximum absolute atomic E-state index is 13.0. The van der Waals surface area contributed by atoms with Crippen molar-refractivity contribution in [2.24, 2.45) is 0 Å². The average molecular weight is 464 g/mol. The second kappa shape index (κ2) is 9.73. The molecule has 6 nitrogen and oxygen atoms in total. The number of likely N-dealkylation sites (tertiary alicyclic amines) is 1. The fourth-order valence-electron chi connectivity index (χ4n) is 3.70. The Morgan fingerprint density at radius 1 is 1.10 bits per heavy atom. The molecule has 31 heavy (non-hydrogen) atoms. The Labute approximate surface area is 191 Å². The van der Waals surface area contributed by atoms with E-state index < -0.39 is 17.7 Å². The molecule has 164 valence electrons. The van der Waals surface area contributed by atoms with E-state index in [2.05, 4.69) is 0 Å². The standard InChI is InChI=1S/C23H23Cl2NO5/c1-13-11-15(6-8-18(13)31-3)21(27)19-20(14-5-7-16(24)17(25)12-14)26(9-4-10-30-2)23(29)22(19)28/h5-8,11-12,20,27H,4,9-10H2,1-3H3. The maximum atomic E-state index is 13.0. The molecule has 3 rings (SSSR count). The molecule has 1 aliphatic heterocycles. The van der Waals surface area contributed by atoms with Crippen LogP contribution in [-0.2, 0) is 14.3 Å². The number of methoxy groups -OCH3 is 2. The molecular formula is C23H23Cl2NO5. The minimum atomic E-state index is -0.797. The van der Waals surface area contributed by atoms with Crippen molar-refractivity contribution in [1.29, 1.82) is 0 Å². The third kappa shape index (κ3) is 4.56. The third-order valence-corrected chi connectivity index (χ3v) is 5.95. The van der Waals surface area contributed by atoms with Crippen LogP contribution in [0.2, 0.25) is 10.0 Å². The first-order valence-corrected chi connectivity index (χ1v) is 10.4. The van der Waals surface area contributed by atoms with Crippen molar-refractivity contribution in [2.45, 2.75) is 19.4 Å². The number of nitrogens with zero attached hydrogens (tertiary/aromatic N) is 1. The number of hydrogen-bond acceptors (Lipinski definition) is 5. The molecule has 2 aromatic rings. The van der Waals surface area contributed by atoms with Crippen LogP contribution in [-0.4, -0.2) is 49.1 Å². The summed E-state index contributed by atoms with van der Waals surface area (Å²) in [5.74, 6) is -1.04. The van der Waals surface area contributed by atoms with Crippen LogP contribution in [0.15, 0.2) is 42.0 Å². The molecular weight excluding hydrogens is 441 g/mol. The Kier molecular flexibility index (Phi) is 7.26. The van der Waals surface area contributed by atoms with Gasteiger partial charge in [-0.05, 0) is 54.8 Å². The Morgan fingerprint density at radius 3 is 2.45 bits per heavy atom. The highest BCUT2D eigenvalue weighted by molar-refractivity contribution is 6.46. The summed E-state index contributed by atoms with van der Waals surface area (Å²) in [7, 11) is 3.12. The molecule has 0 bridgehead atoms. The second-order valence-corrected chi connectivity index (χ2v) is 8.01. The molecule has 0 spiro atoms. The topological polar surface area (TPSA) is 76.1 Å². The number of carbonyl (C=O) groups is 2. The van der Waals surface area contributed by atoms with Crippen LogP contribution in [0.4, 0.5) is 0 Å². The van der Waals surface area contributed by atoms with Gasteiger partial charge in [0.1, 0.15) is 11.5 Å². The number of rotatable bonds is 7. The summed E-state index contributed by atoms with van der Waals surface area (Å²) in [4.78, 5) is 27.3. The van der Waals surface area contributed by atoms with E-state index in [0.717, 1.165) is 5.56 Å². The zero-order valence-corrected chi connectivity index (χ0v) is 19.0. The van der Waals surface area contributed by atoms with Gasteiger partial charge in [-0.15, -0.1) is 0 Å². The number of aliphatic hydroxyl groups is 1. The lowest BCUT2D eigenvalue weighted by Gasteiger charge is -2.25. The lowest BCUT2D eigenvalue weighted by molar-refractivity contribution is -0.140. The Bertz CT molecular complexity index is 1050. The van der Waals surface area contributed by atoms with Gasteiger partial charge < -0.3 is 19.5 Å². The van der Waals surface area contributed by atoms with Crippen LogP contribution >= 0.6 is 23.2 Å². The van der Waals surface area contributed by atoms with Gasteiger partial charge >= 0.3 is 0 Å². The van der Waals surface area contributed by atoms with E-state index in [4.69, 9.17) is 32.7 Å². The molecule has 1 N–H and O–H groups in total. The van der Waals surface area contributed by atoms with Gasteiger partial charge in [0.25, 0.3) is 11.7 Å². The van der Waals surface area contributed by atoms with Crippen LogP contribution < -0.4 is 4.74 Å². The summed E-state index contributed by atoms with van der Waals surface area (Å²) in [6.45, 7) is 2.53. The Balaban J connectivity index is 2.15. The lowest BCUT2D eigenvalue weighted by Crippen LogP contribution is -2.31. The lowest BCUT2D eigenvalue weighted by atomic mass is 9.94. The highest BCUT2D eigenvalue weighted by atomic mass is 35.5. The van der Waals surface area contributed by atoms with Gasteiger partial charge in [0.2, 0.25) is 0 Å². The van der Waals surface area contributed by atoms with Crippen LogP contribution in [0.3, 0.4) is 0 Å². The quantitative estimate of drug-likeness (QED) is 0.277. The summed E-state index contributed by atoms with van der Waals surface area (Å²) in [5.41, 5.74) is 1.79. The number of carbonyl (C=O) groups excluding carboxylic acids is 2. The summed E-state index contributed by atoms with van der Waals surface area (Å²) in [6, 6.07) is 9.16. The molecule has 1 unspecified atom stereocenters. The van der Waals surface area contributed by atoms with Crippen LogP contribution in [0.25, 0.3) is 5.76 Å². The molecule has 1 heterocycles. The average Bonchev–Trinajstić information content (AvgIpc) is 3.00. The van der Waals surface area contributed by atoms with E-state index in [1.807, 2.05) is 6.92 Å². The highest BCUT2D eigenvalue weighted by Crippen LogP contribution is 2.41. The summed E-state index contributed by atoms with van der Waals surface area (Å²) < 4.78 is 10.3. The molecule has 0 aromatic heterocycles. The first-order valence-electron chi connectivity index (χ1n) is 9.67. The van der Waals surface area contributed by atoms with E-state index in [-0.39, 0.29) is 17.9 Å². The van der Waals surface area contributed by atoms with Crippen molar-refractivity contribution in [3.63, 3.8) is 0 Å². The van der Waals surface area contributed by atoms with Crippen LogP contribution in [0.1, 0.15) is 29.2 Å². The normalized spacial score (nSPS) is 18.0. The molecule has 1 saturated heterocycles. The van der Waals surface area contributed by atoms with Crippen molar-refractivity contribution in [3.8, 4) is 5.75 Å². The van der Waals surface area contributed by atoms with Gasteiger partial charge in [-0.2, -0.15) is 0 Å². The van der Waals surface area contributed by atoms with Crippen molar-refractivity contribution < 1.29 is 24.2 Å². The summed E-state index contributed by atoms with van der Waals surface area (Å²) in [6.07, 6.45) is 0.531. The monoisotopic (exact) mass is 463 g/mol. The van der Waals surface area contributed by atoms with E-state index in [1.165, 1.54) is 4.90 Å². The van der Waals surface area contributed by atoms with Gasteiger partial charge in [-0.3, -0.25) is 9.59 Å². The number of aliphatic hydroxyl groups excluding tert-OH is 1. The number of hydrogen-bond donors (Lipinski definition) is 1. The van der Waals surface area contributed by atoms with Gasteiger partial charge in [-0.1, -0.05) is 29.3 Å². The second-order valence-electron chi connectivity index (χ2n) is 7.20. The molecule has 1 amide bonds. The fraction of sp³-hybridized carbons (Fsp3) is 0.304. The summed E-state index contributed by atoms with van der Waals surface area (Å²) in [5, 5.41) is 11.7. The van der Waals surface area contributed by atoms with E-state index in [1.54, 1.807) is 50.6 Å². The van der Waals surface area contributed by atoms with Gasteiger partial charge in [0.15, 0.2) is 0 Å². The van der Waals surface area contributed by atoms with Gasteiger partial charge in [0.05, 0.1) is 28.8 Å². The first kappa shape index (κ1) is 23.1. The minimum absolute atomic E-state index is 0.00497. The molecule has 0 radical (unpaired) electrons. The van der Waals surface area contributed by atoms with E-state index in [9.17, 15) is 14.7 Å². The van der Waals surface area contributed by atoms with Crippen molar-refractivity contribution >= 4 is 40.7 Å². The van der Waals surface area contributed by atoms with Crippen LogP contribution in [0, 0.1) is 6.92 Å². The maximum Gasteiger partial charge on any atom is 0.295 e. The number of Topliss-reactive ketones (excluding diaryl/α,β-unsaturated/α-hetero) is 1.